The third kappa shape index (κ3) is 2.03. The van der Waals surface area contributed by atoms with Gasteiger partial charge < -0.3 is 0 Å². The molecule has 1 aliphatic rings. The summed E-state index contributed by atoms with van der Waals surface area (Å²) < 4.78 is 0. The van der Waals surface area contributed by atoms with Crippen molar-refractivity contribution in [2.45, 2.75) is 33.1 Å². The van der Waals surface area contributed by atoms with Gasteiger partial charge in [0.25, 0.3) is 0 Å². The van der Waals surface area contributed by atoms with Gasteiger partial charge in [-0.15, -0.1) is 17.7 Å². The second-order valence-corrected chi connectivity index (χ2v) is 4.65. The van der Waals surface area contributed by atoms with Gasteiger partial charge in [0.1, 0.15) is 11.2 Å². The first kappa shape index (κ1) is 10.5. The largest absolute Gasteiger partial charge is 0.278 e. The normalized spacial score (nSPS) is 24.2. The zero-order valence-corrected chi connectivity index (χ0v) is 9.34. The van der Waals surface area contributed by atoms with Crippen molar-refractivity contribution in [3.05, 3.63) is 0 Å². The number of amidine groups is 1. The van der Waals surface area contributed by atoms with E-state index in [-0.39, 0.29) is 10.8 Å². The maximum Gasteiger partial charge on any atom is 0.139 e. The molecule has 0 bridgehead atoms. The van der Waals surface area contributed by atoms with Gasteiger partial charge in [0.2, 0.25) is 0 Å². The van der Waals surface area contributed by atoms with E-state index in [2.05, 4.69) is 43.6 Å². The highest BCUT2D eigenvalue weighted by molar-refractivity contribution is 7.81. The van der Waals surface area contributed by atoms with Gasteiger partial charge in [-0.1, -0.05) is 20.8 Å². The molecule has 0 aliphatic carbocycles. The maximum atomic E-state index is 5.75. The van der Waals surface area contributed by atoms with E-state index in [4.69, 9.17) is 5.84 Å². The van der Waals surface area contributed by atoms with Crippen LogP contribution in [0, 0.1) is 5.41 Å². The van der Waals surface area contributed by atoms with E-state index in [1.807, 2.05) is 6.92 Å². The smallest absolute Gasteiger partial charge is 0.139 e. The second-order valence-electron chi connectivity index (χ2n) is 4.16. The van der Waals surface area contributed by atoms with Crippen LogP contribution in [0.1, 0.15) is 27.7 Å². The minimum atomic E-state index is -0.169. The van der Waals surface area contributed by atoms with Crippen molar-refractivity contribution in [2.75, 3.05) is 0 Å². The monoisotopic (exact) mass is 200 g/mol. The number of thiol groups is 1. The lowest BCUT2D eigenvalue weighted by Crippen LogP contribution is -2.50. The number of hydrogen-bond acceptors (Lipinski definition) is 5. The van der Waals surface area contributed by atoms with Gasteiger partial charge >= 0.3 is 0 Å². The van der Waals surface area contributed by atoms with Crippen molar-refractivity contribution in [2.24, 2.45) is 21.5 Å². The summed E-state index contributed by atoms with van der Waals surface area (Å²) in [6, 6.07) is 0. The van der Waals surface area contributed by atoms with Crippen LogP contribution < -0.4 is 5.84 Å². The van der Waals surface area contributed by atoms with Crippen molar-refractivity contribution in [3.63, 3.8) is 0 Å². The number of rotatable bonds is 0. The molecular formula is C8H16N4S. The summed E-state index contributed by atoms with van der Waals surface area (Å²) in [5.41, 5.74) is 0.845. The molecular weight excluding hydrogens is 184 g/mol. The highest BCUT2D eigenvalue weighted by atomic mass is 32.1. The fourth-order valence-electron chi connectivity index (χ4n) is 1.08. The minimum Gasteiger partial charge on any atom is -0.278 e. The van der Waals surface area contributed by atoms with E-state index in [0.29, 0.717) is 5.84 Å². The molecule has 0 radical (unpaired) electrons. The quantitative estimate of drug-likeness (QED) is 0.457. The SMILES string of the molecule is CC1=NN=C(C(C)(C)C)C(S)N1N. The first-order valence-corrected chi connectivity index (χ1v) is 4.70. The molecule has 1 atom stereocenters. The Labute approximate surface area is 84.3 Å². The van der Waals surface area contributed by atoms with Gasteiger partial charge in [0.05, 0.1) is 5.71 Å². The summed E-state index contributed by atoms with van der Waals surface area (Å²) in [4.78, 5) is 0. The summed E-state index contributed by atoms with van der Waals surface area (Å²) in [5.74, 6) is 6.44. The third-order valence-corrected chi connectivity index (χ3v) is 2.45. The minimum absolute atomic E-state index is 0.0474. The summed E-state index contributed by atoms with van der Waals surface area (Å²) >= 11 is 4.39. The van der Waals surface area contributed by atoms with Gasteiger partial charge in [-0.3, -0.25) is 5.01 Å². The molecule has 1 rings (SSSR count). The van der Waals surface area contributed by atoms with Crippen molar-refractivity contribution in [3.8, 4) is 0 Å². The molecule has 1 aliphatic heterocycles. The molecule has 1 heterocycles. The second kappa shape index (κ2) is 3.31. The number of hydrazine groups is 1. The third-order valence-electron chi connectivity index (χ3n) is 1.95. The number of nitrogens with zero attached hydrogens (tertiary/aromatic N) is 3. The van der Waals surface area contributed by atoms with Crippen LogP contribution in [-0.4, -0.2) is 21.9 Å². The molecule has 74 valence electrons. The summed E-state index contributed by atoms with van der Waals surface area (Å²) in [6.45, 7) is 8.02. The van der Waals surface area contributed by atoms with Crippen LogP contribution in [0.5, 0.6) is 0 Å². The van der Waals surface area contributed by atoms with E-state index in [1.165, 1.54) is 5.01 Å². The fourth-order valence-corrected chi connectivity index (χ4v) is 1.68. The van der Waals surface area contributed by atoms with Gasteiger partial charge in [0.15, 0.2) is 0 Å². The van der Waals surface area contributed by atoms with Crippen LogP contribution in [0.25, 0.3) is 0 Å². The molecule has 5 heteroatoms. The van der Waals surface area contributed by atoms with Crippen LogP contribution in [0.3, 0.4) is 0 Å². The summed E-state index contributed by atoms with van der Waals surface area (Å²) in [5, 5.41) is 9.44. The van der Waals surface area contributed by atoms with Crippen molar-refractivity contribution < 1.29 is 0 Å². The van der Waals surface area contributed by atoms with Crippen molar-refractivity contribution in [1.29, 1.82) is 0 Å². The van der Waals surface area contributed by atoms with Crippen LogP contribution in [0.2, 0.25) is 0 Å². The van der Waals surface area contributed by atoms with Gasteiger partial charge in [-0.25, -0.2) is 5.84 Å². The molecule has 0 saturated carbocycles. The molecule has 4 nitrogen and oxygen atoms in total. The van der Waals surface area contributed by atoms with Crippen LogP contribution in [0.15, 0.2) is 10.2 Å². The Bertz CT molecular complexity index is 264. The fraction of sp³-hybridized carbons (Fsp3) is 0.750. The lowest BCUT2D eigenvalue weighted by Gasteiger charge is -2.33. The molecule has 1 unspecified atom stereocenters. The molecule has 2 N–H and O–H groups in total. The molecule has 0 spiro atoms. The van der Waals surface area contributed by atoms with Crippen LogP contribution in [0.4, 0.5) is 0 Å². The topological polar surface area (TPSA) is 54.0 Å². The highest BCUT2D eigenvalue weighted by Gasteiger charge is 2.31. The van der Waals surface area contributed by atoms with Crippen molar-refractivity contribution >= 4 is 24.2 Å². The molecule has 0 saturated heterocycles. The Morgan fingerprint density at radius 3 is 2.38 bits per heavy atom. The lowest BCUT2D eigenvalue weighted by molar-refractivity contribution is 0.433. The first-order valence-electron chi connectivity index (χ1n) is 4.18. The van der Waals surface area contributed by atoms with E-state index in [1.54, 1.807) is 0 Å². The van der Waals surface area contributed by atoms with Gasteiger partial charge in [0, 0.05) is 5.41 Å². The average molecular weight is 200 g/mol. The average Bonchev–Trinajstić information content (AvgIpc) is 1.98. The summed E-state index contributed by atoms with van der Waals surface area (Å²) in [7, 11) is 0. The first-order chi connectivity index (χ1) is 5.84. The van der Waals surface area contributed by atoms with Gasteiger partial charge in [-0.2, -0.15) is 5.10 Å². The van der Waals surface area contributed by atoms with E-state index in [0.717, 1.165) is 5.71 Å². The molecule has 0 aromatic heterocycles. The summed E-state index contributed by atoms with van der Waals surface area (Å²) in [6.07, 6.45) is 0. The number of nitrogens with two attached hydrogens (primary N) is 1. The Hall–Kier alpha value is -0.550. The standard InChI is InChI=1S/C8H16N4S/c1-5-10-11-6(8(2,3)4)7(13)12(5)9/h7,13H,9H2,1-4H3. The van der Waals surface area contributed by atoms with Crippen LogP contribution in [-0.2, 0) is 0 Å². The van der Waals surface area contributed by atoms with Gasteiger partial charge in [-0.05, 0) is 6.92 Å². The molecule has 0 amide bonds. The van der Waals surface area contributed by atoms with E-state index < -0.39 is 0 Å². The Morgan fingerprint density at radius 2 is 1.92 bits per heavy atom. The number of hydrogen-bond donors (Lipinski definition) is 2. The predicted octanol–water partition coefficient (Wildman–Crippen LogP) is 1.25. The Balaban J connectivity index is 3.01. The maximum absolute atomic E-state index is 5.75. The van der Waals surface area contributed by atoms with Crippen LogP contribution >= 0.6 is 12.6 Å². The highest BCUT2D eigenvalue weighted by Crippen LogP contribution is 2.24. The van der Waals surface area contributed by atoms with Crippen molar-refractivity contribution in [1.82, 2.24) is 5.01 Å². The molecule has 0 aromatic carbocycles. The lowest BCUT2D eigenvalue weighted by atomic mass is 9.89. The Morgan fingerprint density at radius 1 is 1.38 bits per heavy atom. The predicted molar refractivity (Wildman–Crippen MR) is 58.8 cm³/mol. The molecule has 13 heavy (non-hydrogen) atoms. The zero-order valence-electron chi connectivity index (χ0n) is 8.44. The van der Waals surface area contributed by atoms with E-state index >= 15 is 0 Å². The zero-order chi connectivity index (χ0) is 10.2. The van der Waals surface area contributed by atoms with E-state index in [9.17, 15) is 0 Å². The molecule has 0 fully saturated rings. The molecule has 0 aromatic rings. The Kier molecular flexibility index (Phi) is 2.68.